The van der Waals surface area contributed by atoms with E-state index in [0.717, 1.165) is 0 Å². The molecule has 1 aliphatic rings. The van der Waals surface area contributed by atoms with Gasteiger partial charge in [-0.3, -0.25) is 4.90 Å². The molecule has 0 aromatic heterocycles. The van der Waals surface area contributed by atoms with Crippen molar-refractivity contribution in [3.63, 3.8) is 0 Å². The van der Waals surface area contributed by atoms with Gasteiger partial charge in [-0.1, -0.05) is 12.1 Å². The van der Waals surface area contributed by atoms with Crippen LogP contribution in [0.3, 0.4) is 0 Å². The average Bonchev–Trinajstić information content (AvgIpc) is 2.56. The summed E-state index contributed by atoms with van der Waals surface area (Å²) in [4.78, 5) is 1.26. The number of alkyl halides is 3. The molecule has 0 unspecified atom stereocenters. The molecule has 2 rings (SSSR count). The maximum atomic E-state index is 13.1. The van der Waals surface area contributed by atoms with E-state index in [1.165, 1.54) is 17.0 Å². The van der Waals surface area contributed by atoms with Crippen molar-refractivity contribution in [3.8, 4) is 0 Å². The number of hydrogen-bond donors (Lipinski definition) is 1. The highest BCUT2D eigenvalue weighted by Crippen LogP contribution is 2.29. The molecule has 1 aromatic carbocycles. The molecule has 0 amide bonds. The van der Waals surface area contributed by atoms with Crippen LogP contribution in [0.15, 0.2) is 24.3 Å². The summed E-state index contributed by atoms with van der Waals surface area (Å²) in [5, 5.41) is 0. The van der Waals surface area contributed by atoms with E-state index >= 15 is 0 Å². The van der Waals surface area contributed by atoms with Crippen molar-refractivity contribution in [1.82, 2.24) is 4.90 Å². The van der Waals surface area contributed by atoms with Gasteiger partial charge < -0.3 is 5.73 Å². The lowest BCUT2D eigenvalue weighted by Gasteiger charge is -2.17. The molecule has 1 saturated heterocycles. The summed E-state index contributed by atoms with van der Waals surface area (Å²) >= 11 is 0. The molecule has 2 N–H and O–H groups in total. The van der Waals surface area contributed by atoms with Gasteiger partial charge in [0, 0.05) is 25.0 Å². The Hall–Kier alpha value is -0.850. The topological polar surface area (TPSA) is 29.3 Å². The SMILES string of the molecule is Cl.N[C@H]1CN(CC(F)(F)F)C[C@@H]1c1cccc(F)c1. The number of halogens is 5. The van der Waals surface area contributed by atoms with Gasteiger partial charge in [-0.05, 0) is 17.7 Å². The Morgan fingerprint density at radius 1 is 1.26 bits per heavy atom. The van der Waals surface area contributed by atoms with Gasteiger partial charge in [-0.2, -0.15) is 13.2 Å². The third-order valence-corrected chi connectivity index (χ3v) is 3.12. The van der Waals surface area contributed by atoms with Crippen LogP contribution in [-0.2, 0) is 0 Å². The predicted molar refractivity (Wildman–Crippen MR) is 66.9 cm³/mol. The van der Waals surface area contributed by atoms with Gasteiger partial charge in [0.05, 0.1) is 6.54 Å². The lowest BCUT2D eigenvalue weighted by atomic mass is 9.95. The highest BCUT2D eigenvalue weighted by atomic mass is 35.5. The zero-order valence-electron chi connectivity index (χ0n) is 10.0. The molecule has 1 aromatic rings. The smallest absolute Gasteiger partial charge is 0.326 e. The third kappa shape index (κ3) is 4.33. The van der Waals surface area contributed by atoms with Crippen molar-refractivity contribution < 1.29 is 17.6 Å². The first kappa shape index (κ1) is 16.2. The number of benzene rings is 1. The quantitative estimate of drug-likeness (QED) is 0.850. The fourth-order valence-corrected chi connectivity index (χ4v) is 2.39. The Balaban J connectivity index is 0.00000180. The fraction of sp³-hybridized carbons (Fsp3) is 0.500. The van der Waals surface area contributed by atoms with Crippen molar-refractivity contribution >= 4 is 12.4 Å². The van der Waals surface area contributed by atoms with E-state index in [1.54, 1.807) is 12.1 Å². The van der Waals surface area contributed by atoms with Crippen molar-refractivity contribution in [3.05, 3.63) is 35.6 Å². The number of likely N-dealkylation sites (tertiary alicyclic amines) is 1. The molecule has 0 aliphatic carbocycles. The second kappa shape index (κ2) is 6.07. The molecule has 7 heteroatoms. The average molecular weight is 299 g/mol. The minimum absolute atomic E-state index is 0. The minimum Gasteiger partial charge on any atom is -0.326 e. The van der Waals surface area contributed by atoms with E-state index in [1.807, 2.05) is 0 Å². The highest BCUT2D eigenvalue weighted by Gasteiger charge is 2.38. The molecule has 1 aliphatic heterocycles. The normalized spacial score (nSPS) is 24.3. The van der Waals surface area contributed by atoms with Crippen LogP contribution in [-0.4, -0.2) is 36.8 Å². The monoisotopic (exact) mass is 298 g/mol. The zero-order valence-corrected chi connectivity index (χ0v) is 10.8. The summed E-state index contributed by atoms with van der Waals surface area (Å²) in [6, 6.07) is 5.49. The van der Waals surface area contributed by atoms with E-state index in [0.29, 0.717) is 5.56 Å². The van der Waals surface area contributed by atoms with Crippen molar-refractivity contribution in [2.24, 2.45) is 5.73 Å². The van der Waals surface area contributed by atoms with Crippen LogP contribution in [0.25, 0.3) is 0 Å². The Morgan fingerprint density at radius 2 is 1.95 bits per heavy atom. The summed E-state index contributed by atoms with van der Waals surface area (Å²) in [5.74, 6) is -0.642. The lowest BCUT2D eigenvalue weighted by molar-refractivity contribution is -0.143. The standard InChI is InChI=1S/C12H14F4N2.ClH/c13-9-3-1-2-8(4-9)10-5-18(6-11(10)17)7-12(14,15)16;/h1-4,10-11H,5-7,17H2;1H/t10-,11+;/m1./s1. The van der Waals surface area contributed by atoms with E-state index in [4.69, 9.17) is 5.73 Å². The number of nitrogens with two attached hydrogens (primary N) is 1. The first-order chi connectivity index (χ1) is 8.35. The van der Waals surface area contributed by atoms with Crippen molar-refractivity contribution in [1.29, 1.82) is 0 Å². The maximum Gasteiger partial charge on any atom is 0.401 e. The second-order valence-electron chi connectivity index (χ2n) is 4.63. The first-order valence-corrected chi connectivity index (χ1v) is 5.65. The maximum absolute atomic E-state index is 13.1. The van der Waals surface area contributed by atoms with Gasteiger partial charge in [-0.15, -0.1) is 12.4 Å². The van der Waals surface area contributed by atoms with Gasteiger partial charge in [0.2, 0.25) is 0 Å². The summed E-state index contributed by atoms with van der Waals surface area (Å²) in [6.45, 7) is -0.572. The molecule has 1 fully saturated rings. The molecule has 2 atom stereocenters. The Kier molecular flexibility index (Phi) is 5.18. The van der Waals surface area contributed by atoms with Crippen LogP contribution in [0.5, 0.6) is 0 Å². The zero-order chi connectivity index (χ0) is 13.3. The van der Waals surface area contributed by atoms with Crippen LogP contribution in [0.4, 0.5) is 17.6 Å². The van der Waals surface area contributed by atoms with Gasteiger partial charge in [-0.25, -0.2) is 4.39 Å². The summed E-state index contributed by atoms with van der Waals surface area (Å²) in [7, 11) is 0. The van der Waals surface area contributed by atoms with Crippen LogP contribution in [0.2, 0.25) is 0 Å². The summed E-state index contributed by atoms with van der Waals surface area (Å²) in [6.07, 6.45) is -4.23. The first-order valence-electron chi connectivity index (χ1n) is 5.65. The van der Waals surface area contributed by atoms with E-state index in [2.05, 4.69) is 0 Å². The molecule has 0 bridgehead atoms. The van der Waals surface area contributed by atoms with E-state index < -0.39 is 24.6 Å². The molecule has 108 valence electrons. The van der Waals surface area contributed by atoms with Crippen LogP contribution < -0.4 is 5.73 Å². The lowest BCUT2D eigenvalue weighted by Crippen LogP contribution is -2.34. The number of nitrogens with zero attached hydrogens (tertiary/aromatic N) is 1. The van der Waals surface area contributed by atoms with Gasteiger partial charge >= 0.3 is 6.18 Å². The van der Waals surface area contributed by atoms with Crippen molar-refractivity contribution in [2.75, 3.05) is 19.6 Å². The molecular weight excluding hydrogens is 284 g/mol. The fourth-order valence-electron chi connectivity index (χ4n) is 2.39. The van der Waals surface area contributed by atoms with E-state index in [-0.39, 0.29) is 31.4 Å². The highest BCUT2D eigenvalue weighted by molar-refractivity contribution is 5.85. The van der Waals surface area contributed by atoms with Crippen molar-refractivity contribution in [2.45, 2.75) is 18.1 Å². The predicted octanol–water partition coefficient (Wildman–Crippen LogP) is 2.54. The van der Waals surface area contributed by atoms with Gasteiger partial charge in [0.25, 0.3) is 0 Å². The van der Waals surface area contributed by atoms with Gasteiger partial charge in [0.15, 0.2) is 0 Å². The molecule has 1 heterocycles. The number of rotatable bonds is 2. The third-order valence-electron chi connectivity index (χ3n) is 3.12. The molecule has 0 saturated carbocycles. The molecule has 0 radical (unpaired) electrons. The molecular formula is C12H15ClF4N2. The largest absolute Gasteiger partial charge is 0.401 e. The van der Waals surface area contributed by atoms with Crippen LogP contribution in [0.1, 0.15) is 11.5 Å². The van der Waals surface area contributed by atoms with Crippen LogP contribution in [0, 0.1) is 5.82 Å². The minimum atomic E-state index is -4.23. The molecule has 0 spiro atoms. The Labute approximate surface area is 115 Å². The van der Waals surface area contributed by atoms with Crippen LogP contribution >= 0.6 is 12.4 Å². The number of hydrogen-bond acceptors (Lipinski definition) is 2. The van der Waals surface area contributed by atoms with Gasteiger partial charge in [0.1, 0.15) is 5.82 Å². The Bertz CT molecular complexity index is 424. The summed E-state index contributed by atoms with van der Waals surface area (Å²) in [5.41, 5.74) is 6.50. The summed E-state index contributed by atoms with van der Waals surface area (Å²) < 4.78 is 49.9. The molecule has 19 heavy (non-hydrogen) atoms. The van der Waals surface area contributed by atoms with E-state index in [9.17, 15) is 17.6 Å². The Morgan fingerprint density at radius 3 is 2.53 bits per heavy atom. The molecule has 2 nitrogen and oxygen atoms in total. The second-order valence-corrected chi connectivity index (χ2v) is 4.63.